The fraction of sp³-hybridized carbons (Fsp3) is 0.286. The summed E-state index contributed by atoms with van der Waals surface area (Å²) in [6.45, 7) is 3.40. The van der Waals surface area contributed by atoms with Crippen LogP contribution < -0.4 is 15.4 Å². The Labute approximate surface area is 173 Å². The summed E-state index contributed by atoms with van der Waals surface area (Å²) in [4.78, 5) is 35.9. The van der Waals surface area contributed by atoms with E-state index >= 15 is 0 Å². The van der Waals surface area contributed by atoms with E-state index in [1.165, 1.54) is 44.6 Å². The number of anilines is 2. The van der Waals surface area contributed by atoms with Crippen molar-refractivity contribution in [2.75, 3.05) is 31.4 Å². The third kappa shape index (κ3) is 6.20. The van der Waals surface area contributed by atoms with E-state index in [1.54, 1.807) is 6.07 Å². The summed E-state index contributed by atoms with van der Waals surface area (Å²) in [5.41, 5.74) is 0.442. The normalized spacial score (nSPS) is 10.3. The number of carbonyl (C=O) groups is 3. The minimum absolute atomic E-state index is 0.0652. The molecule has 0 heterocycles. The zero-order valence-electron chi connectivity index (χ0n) is 17.1. The second-order valence-corrected chi connectivity index (χ2v) is 6.49. The van der Waals surface area contributed by atoms with Crippen LogP contribution in [0, 0.1) is 5.82 Å². The first-order chi connectivity index (χ1) is 14.2. The molecule has 30 heavy (non-hydrogen) atoms. The molecule has 2 aromatic carbocycles. The molecular formula is C21H23FN2O6. The summed E-state index contributed by atoms with van der Waals surface area (Å²) >= 11 is 0. The van der Waals surface area contributed by atoms with E-state index in [4.69, 9.17) is 4.74 Å². The molecule has 0 saturated heterocycles. The standard InChI is InChI=1S/C21H23FN2O6/c1-12(2)30-16-5-6-18(17(22)10-16)23-11-19(25)24-15-8-13(20(26)28-3)7-14(9-15)21(27)29-4/h5-10,12,23H,11H2,1-4H3,(H,24,25). The lowest BCUT2D eigenvalue weighted by Crippen LogP contribution is -2.22. The quantitative estimate of drug-likeness (QED) is 0.635. The van der Waals surface area contributed by atoms with E-state index < -0.39 is 23.7 Å². The van der Waals surface area contributed by atoms with E-state index in [2.05, 4.69) is 20.1 Å². The number of benzene rings is 2. The van der Waals surface area contributed by atoms with Gasteiger partial charge in [0.15, 0.2) is 0 Å². The zero-order valence-corrected chi connectivity index (χ0v) is 17.1. The van der Waals surface area contributed by atoms with Crippen LogP contribution in [0.2, 0.25) is 0 Å². The van der Waals surface area contributed by atoms with Crippen LogP contribution in [0.4, 0.5) is 15.8 Å². The third-order valence-electron chi connectivity index (χ3n) is 3.81. The van der Waals surface area contributed by atoms with Gasteiger partial charge in [0.25, 0.3) is 0 Å². The average Bonchev–Trinajstić information content (AvgIpc) is 2.71. The molecule has 0 bridgehead atoms. The Kier molecular flexibility index (Phi) is 7.74. The fourth-order valence-corrected chi connectivity index (χ4v) is 2.54. The average molecular weight is 418 g/mol. The lowest BCUT2D eigenvalue weighted by Gasteiger charge is -2.13. The summed E-state index contributed by atoms with van der Waals surface area (Å²) in [5, 5.41) is 5.23. The predicted octanol–water partition coefficient (Wildman–Crippen LogP) is 3.24. The maximum absolute atomic E-state index is 14.2. The molecule has 0 spiro atoms. The Morgan fingerprint density at radius 3 is 2.07 bits per heavy atom. The van der Waals surface area contributed by atoms with Gasteiger partial charge in [-0.3, -0.25) is 4.79 Å². The van der Waals surface area contributed by atoms with Crippen LogP contribution >= 0.6 is 0 Å². The van der Waals surface area contributed by atoms with Gasteiger partial charge in [0.1, 0.15) is 11.6 Å². The summed E-state index contributed by atoms with van der Waals surface area (Å²) in [6, 6.07) is 8.29. The number of ether oxygens (including phenoxy) is 3. The number of halogens is 1. The van der Waals surface area contributed by atoms with Crippen molar-refractivity contribution >= 4 is 29.2 Å². The topological polar surface area (TPSA) is 103 Å². The SMILES string of the molecule is COC(=O)c1cc(NC(=O)CNc2ccc(OC(C)C)cc2F)cc(C(=O)OC)c1. The van der Waals surface area contributed by atoms with Crippen LogP contribution in [-0.4, -0.2) is 44.7 Å². The number of nitrogens with one attached hydrogen (secondary N) is 2. The Morgan fingerprint density at radius 2 is 1.57 bits per heavy atom. The summed E-state index contributed by atoms with van der Waals surface area (Å²) in [5.74, 6) is -2.07. The number of methoxy groups -OCH3 is 2. The first kappa shape index (κ1) is 22.7. The molecule has 0 fully saturated rings. The molecular weight excluding hydrogens is 395 g/mol. The molecule has 2 N–H and O–H groups in total. The van der Waals surface area contributed by atoms with Crippen LogP contribution in [-0.2, 0) is 14.3 Å². The second-order valence-electron chi connectivity index (χ2n) is 6.49. The molecule has 0 aliphatic rings. The molecule has 0 aliphatic heterocycles. The van der Waals surface area contributed by atoms with Crippen molar-refractivity contribution < 1.29 is 33.0 Å². The molecule has 0 radical (unpaired) electrons. The highest BCUT2D eigenvalue weighted by atomic mass is 19.1. The lowest BCUT2D eigenvalue weighted by atomic mass is 10.1. The molecule has 0 saturated carbocycles. The monoisotopic (exact) mass is 418 g/mol. The first-order valence-electron chi connectivity index (χ1n) is 9.05. The third-order valence-corrected chi connectivity index (χ3v) is 3.81. The number of carbonyl (C=O) groups excluding carboxylic acids is 3. The summed E-state index contributed by atoms with van der Waals surface area (Å²) in [6.07, 6.45) is -0.0929. The molecule has 2 rings (SSSR count). The van der Waals surface area contributed by atoms with Gasteiger partial charge in [-0.05, 0) is 44.2 Å². The van der Waals surface area contributed by atoms with E-state index in [-0.39, 0.29) is 35.2 Å². The van der Waals surface area contributed by atoms with Gasteiger partial charge in [-0.1, -0.05) is 0 Å². The van der Waals surface area contributed by atoms with Crippen molar-refractivity contribution in [3.63, 3.8) is 0 Å². The second kappa shape index (κ2) is 10.2. The minimum atomic E-state index is -0.680. The van der Waals surface area contributed by atoms with Gasteiger partial charge in [0, 0.05) is 11.8 Å². The molecule has 0 unspecified atom stereocenters. The number of hydrogen-bond acceptors (Lipinski definition) is 7. The molecule has 2 aromatic rings. The summed E-state index contributed by atoms with van der Waals surface area (Å²) in [7, 11) is 2.39. The van der Waals surface area contributed by atoms with Crippen molar-refractivity contribution in [1.82, 2.24) is 0 Å². The summed E-state index contributed by atoms with van der Waals surface area (Å²) < 4.78 is 28.9. The highest BCUT2D eigenvalue weighted by Gasteiger charge is 2.15. The Morgan fingerprint density at radius 1 is 0.967 bits per heavy atom. The largest absolute Gasteiger partial charge is 0.491 e. The van der Waals surface area contributed by atoms with Gasteiger partial charge in [-0.15, -0.1) is 0 Å². The zero-order chi connectivity index (χ0) is 22.3. The molecule has 0 atom stereocenters. The Hall–Kier alpha value is -3.62. The van der Waals surface area contributed by atoms with Crippen molar-refractivity contribution in [2.45, 2.75) is 20.0 Å². The van der Waals surface area contributed by atoms with E-state index in [0.717, 1.165) is 0 Å². The van der Waals surface area contributed by atoms with Crippen LogP contribution in [0.15, 0.2) is 36.4 Å². The smallest absolute Gasteiger partial charge is 0.337 e. The van der Waals surface area contributed by atoms with Gasteiger partial charge in [0.2, 0.25) is 5.91 Å². The highest BCUT2D eigenvalue weighted by Crippen LogP contribution is 2.22. The fourth-order valence-electron chi connectivity index (χ4n) is 2.54. The number of hydrogen-bond donors (Lipinski definition) is 2. The molecule has 160 valence electrons. The van der Waals surface area contributed by atoms with E-state index in [9.17, 15) is 18.8 Å². The molecule has 8 nitrogen and oxygen atoms in total. The molecule has 1 amide bonds. The van der Waals surface area contributed by atoms with Crippen molar-refractivity contribution in [1.29, 1.82) is 0 Å². The van der Waals surface area contributed by atoms with E-state index in [0.29, 0.717) is 5.75 Å². The first-order valence-corrected chi connectivity index (χ1v) is 9.05. The number of amides is 1. The highest BCUT2D eigenvalue weighted by molar-refractivity contribution is 6.00. The van der Waals surface area contributed by atoms with E-state index in [1.807, 2.05) is 13.8 Å². The Bertz CT molecular complexity index is 911. The minimum Gasteiger partial charge on any atom is -0.491 e. The van der Waals surface area contributed by atoms with Gasteiger partial charge in [-0.25, -0.2) is 14.0 Å². The van der Waals surface area contributed by atoms with Gasteiger partial charge < -0.3 is 24.8 Å². The van der Waals surface area contributed by atoms with Gasteiger partial charge >= 0.3 is 11.9 Å². The molecule has 9 heteroatoms. The van der Waals surface area contributed by atoms with Crippen molar-refractivity contribution in [3.05, 3.63) is 53.3 Å². The maximum atomic E-state index is 14.2. The molecule has 0 aliphatic carbocycles. The van der Waals surface area contributed by atoms with Crippen LogP contribution in [0.1, 0.15) is 34.6 Å². The van der Waals surface area contributed by atoms with Crippen molar-refractivity contribution in [3.8, 4) is 5.75 Å². The van der Waals surface area contributed by atoms with Gasteiger partial charge in [0.05, 0.1) is 43.7 Å². The van der Waals surface area contributed by atoms with Crippen molar-refractivity contribution in [2.24, 2.45) is 0 Å². The maximum Gasteiger partial charge on any atom is 0.337 e. The van der Waals surface area contributed by atoms with Crippen LogP contribution in [0.25, 0.3) is 0 Å². The number of rotatable bonds is 8. The molecule has 0 aromatic heterocycles. The van der Waals surface area contributed by atoms with Gasteiger partial charge in [-0.2, -0.15) is 0 Å². The van der Waals surface area contributed by atoms with Crippen LogP contribution in [0.5, 0.6) is 5.75 Å². The Balaban J connectivity index is 2.09. The lowest BCUT2D eigenvalue weighted by molar-refractivity contribution is -0.114. The predicted molar refractivity (Wildman–Crippen MR) is 108 cm³/mol. The van der Waals surface area contributed by atoms with Crippen LogP contribution in [0.3, 0.4) is 0 Å². The number of esters is 2.